The molecule has 6 heteroatoms. The Morgan fingerprint density at radius 2 is 1.58 bits per heavy atom. The molecule has 0 saturated carbocycles. The fourth-order valence-corrected chi connectivity index (χ4v) is 2.17. The first-order chi connectivity index (χ1) is 12.5. The minimum Gasteiger partial charge on any atom is -0.497 e. The maximum atomic E-state index is 12.1. The third kappa shape index (κ3) is 5.81. The standard InChI is InChI=1S/C20H24N2O4/c1-4-14(2)26-18-11-7-16(8-12-18)20(24)22-21-19(23)13-15-5-9-17(25-3)10-6-15/h5-12,14H,4,13H2,1-3H3,(H,21,23)(H,22,24). The van der Waals surface area contributed by atoms with Gasteiger partial charge in [0, 0.05) is 5.56 Å². The molecular weight excluding hydrogens is 332 g/mol. The van der Waals surface area contributed by atoms with Gasteiger partial charge < -0.3 is 9.47 Å². The summed E-state index contributed by atoms with van der Waals surface area (Å²) in [5, 5.41) is 0. The van der Waals surface area contributed by atoms with E-state index in [4.69, 9.17) is 9.47 Å². The highest BCUT2D eigenvalue weighted by Gasteiger charge is 2.09. The molecule has 2 amide bonds. The van der Waals surface area contributed by atoms with E-state index in [0.717, 1.165) is 17.7 Å². The van der Waals surface area contributed by atoms with Crippen LogP contribution in [0.2, 0.25) is 0 Å². The molecule has 0 fully saturated rings. The molecule has 138 valence electrons. The Balaban J connectivity index is 1.82. The average Bonchev–Trinajstić information content (AvgIpc) is 2.67. The fraction of sp³-hybridized carbons (Fsp3) is 0.300. The van der Waals surface area contributed by atoms with Gasteiger partial charge in [-0.15, -0.1) is 0 Å². The fourth-order valence-electron chi connectivity index (χ4n) is 2.17. The minimum absolute atomic E-state index is 0.118. The van der Waals surface area contributed by atoms with E-state index >= 15 is 0 Å². The lowest BCUT2D eigenvalue weighted by molar-refractivity contribution is -0.121. The van der Waals surface area contributed by atoms with Crippen molar-refractivity contribution in [1.29, 1.82) is 0 Å². The number of hydrogen-bond acceptors (Lipinski definition) is 4. The van der Waals surface area contributed by atoms with Gasteiger partial charge in [-0.2, -0.15) is 0 Å². The smallest absolute Gasteiger partial charge is 0.269 e. The van der Waals surface area contributed by atoms with Crippen LogP contribution in [0.1, 0.15) is 36.2 Å². The molecule has 2 rings (SSSR count). The molecule has 1 unspecified atom stereocenters. The number of benzene rings is 2. The molecule has 2 aromatic carbocycles. The van der Waals surface area contributed by atoms with Gasteiger partial charge >= 0.3 is 0 Å². The molecule has 0 aliphatic carbocycles. The second-order valence-electron chi connectivity index (χ2n) is 5.89. The number of methoxy groups -OCH3 is 1. The number of ether oxygens (including phenoxy) is 2. The van der Waals surface area contributed by atoms with Crippen molar-refractivity contribution >= 4 is 11.8 Å². The second-order valence-corrected chi connectivity index (χ2v) is 5.89. The van der Waals surface area contributed by atoms with Gasteiger partial charge in [0.15, 0.2) is 0 Å². The largest absolute Gasteiger partial charge is 0.497 e. The summed E-state index contributed by atoms with van der Waals surface area (Å²) in [4.78, 5) is 24.0. The third-order valence-corrected chi connectivity index (χ3v) is 3.87. The van der Waals surface area contributed by atoms with Crippen molar-refractivity contribution in [3.63, 3.8) is 0 Å². The number of hydrogen-bond donors (Lipinski definition) is 2. The molecule has 0 aliphatic rings. The number of nitrogens with one attached hydrogen (secondary N) is 2. The van der Waals surface area contributed by atoms with Crippen LogP contribution in [-0.4, -0.2) is 25.0 Å². The Morgan fingerprint density at radius 1 is 0.962 bits per heavy atom. The lowest BCUT2D eigenvalue weighted by Gasteiger charge is -2.13. The predicted molar refractivity (Wildman–Crippen MR) is 99.1 cm³/mol. The van der Waals surface area contributed by atoms with E-state index in [9.17, 15) is 9.59 Å². The van der Waals surface area contributed by atoms with Gasteiger partial charge in [0.2, 0.25) is 5.91 Å². The summed E-state index contributed by atoms with van der Waals surface area (Å²) in [6, 6.07) is 14.0. The van der Waals surface area contributed by atoms with Crippen LogP contribution in [0.25, 0.3) is 0 Å². The van der Waals surface area contributed by atoms with E-state index in [1.54, 1.807) is 55.6 Å². The van der Waals surface area contributed by atoms with Crippen LogP contribution in [0.3, 0.4) is 0 Å². The lowest BCUT2D eigenvalue weighted by atomic mass is 10.1. The zero-order valence-corrected chi connectivity index (χ0v) is 15.2. The van der Waals surface area contributed by atoms with E-state index in [2.05, 4.69) is 10.9 Å². The maximum absolute atomic E-state index is 12.1. The van der Waals surface area contributed by atoms with Crippen LogP contribution < -0.4 is 20.3 Å². The summed E-state index contributed by atoms with van der Waals surface area (Å²) in [6.07, 6.45) is 1.18. The van der Waals surface area contributed by atoms with E-state index in [0.29, 0.717) is 11.3 Å². The average molecular weight is 356 g/mol. The van der Waals surface area contributed by atoms with Crippen LogP contribution in [-0.2, 0) is 11.2 Å². The van der Waals surface area contributed by atoms with Crippen LogP contribution >= 0.6 is 0 Å². The summed E-state index contributed by atoms with van der Waals surface area (Å²) in [7, 11) is 1.58. The van der Waals surface area contributed by atoms with E-state index in [1.807, 2.05) is 13.8 Å². The second kappa shape index (κ2) is 9.46. The normalized spacial score (nSPS) is 11.3. The first-order valence-corrected chi connectivity index (χ1v) is 8.50. The number of amides is 2. The molecule has 2 aromatic rings. The molecule has 0 radical (unpaired) electrons. The Morgan fingerprint density at radius 3 is 2.15 bits per heavy atom. The molecule has 2 N–H and O–H groups in total. The number of rotatable bonds is 7. The molecule has 0 bridgehead atoms. The molecule has 0 spiro atoms. The molecule has 0 aromatic heterocycles. The Hall–Kier alpha value is -3.02. The van der Waals surface area contributed by atoms with Gasteiger partial charge in [0.05, 0.1) is 19.6 Å². The number of carbonyl (C=O) groups is 2. The SMILES string of the molecule is CCC(C)Oc1ccc(C(=O)NNC(=O)Cc2ccc(OC)cc2)cc1. The van der Waals surface area contributed by atoms with Gasteiger partial charge in [0.25, 0.3) is 5.91 Å². The Labute approximate surface area is 153 Å². The quantitative estimate of drug-likeness (QED) is 0.748. The third-order valence-electron chi connectivity index (χ3n) is 3.87. The van der Waals surface area contributed by atoms with Crippen molar-refractivity contribution in [2.75, 3.05) is 7.11 Å². The van der Waals surface area contributed by atoms with Crippen molar-refractivity contribution in [3.05, 3.63) is 59.7 Å². The van der Waals surface area contributed by atoms with Crippen LogP contribution in [0.5, 0.6) is 11.5 Å². The van der Waals surface area contributed by atoms with E-state index in [-0.39, 0.29) is 24.3 Å². The summed E-state index contributed by atoms with van der Waals surface area (Å²) in [5.74, 6) is 0.742. The van der Waals surface area contributed by atoms with Crippen LogP contribution in [0, 0.1) is 0 Å². The van der Waals surface area contributed by atoms with Gasteiger partial charge in [-0.1, -0.05) is 19.1 Å². The van der Waals surface area contributed by atoms with E-state index in [1.165, 1.54) is 0 Å². The molecule has 0 saturated heterocycles. The van der Waals surface area contributed by atoms with E-state index < -0.39 is 0 Å². The van der Waals surface area contributed by atoms with Crippen molar-refractivity contribution in [3.8, 4) is 11.5 Å². The molecule has 0 aliphatic heterocycles. The molecule has 26 heavy (non-hydrogen) atoms. The monoisotopic (exact) mass is 356 g/mol. The number of hydrazine groups is 1. The lowest BCUT2D eigenvalue weighted by Crippen LogP contribution is -2.42. The summed E-state index contributed by atoms with van der Waals surface area (Å²) in [6.45, 7) is 4.03. The van der Waals surface area contributed by atoms with Crippen molar-refractivity contribution < 1.29 is 19.1 Å². The molecular formula is C20H24N2O4. The van der Waals surface area contributed by atoms with Crippen molar-refractivity contribution in [2.24, 2.45) is 0 Å². The van der Waals surface area contributed by atoms with Gasteiger partial charge in [-0.3, -0.25) is 20.4 Å². The topological polar surface area (TPSA) is 76.7 Å². The molecule has 1 atom stereocenters. The van der Waals surface area contributed by atoms with Crippen LogP contribution in [0.15, 0.2) is 48.5 Å². The first-order valence-electron chi connectivity index (χ1n) is 8.50. The number of carbonyl (C=O) groups excluding carboxylic acids is 2. The van der Waals surface area contributed by atoms with Gasteiger partial charge in [-0.25, -0.2) is 0 Å². The first kappa shape index (κ1) is 19.3. The Kier molecular flexibility index (Phi) is 7.02. The zero-order chi connectivity index (χ0) is 18.9. The van der Waals surface area contributed by atoms with Gasteiger partial charge in [0.1, 0.15) is 11.5 Å². The highest BCUT2D eigenvalue weighted by molar-refractivity contribution is 5.95. The molecule has 6 nitrogen and oxygen atoms in total. The highest BCUT2D eigenvalue weighted by Crippen LogP contribution is 2.15. The highest BCUT2D eigenvalue weighted by atomic mass is 16.5. The maximum Gasteiger partial charge on any atom is 0.269 e. The van der Waals surface area contributed by atoms with Crippen LogP contribution in [0.4, 0.5) is 0 Å². The summed E-state index contributed by atoms with van der Waals surface area (Å²) >= 11 is 0. The summed E-state index contributed by atoms with van der Waals surface area (Å²) < 4.78 is 10.7. The van der Waals surface area contributed by atoms with Gasteiger partial charge in [-0.05, 0) is 55.3 Å². The van der Waals surface area contributed by atoms with Crippen molar-refractivity contribution in [1.82, 2.24) is 10.9 Å². The Bertz CT molecular complexity index is 726. The zero-order valence-electron chi connectivity index (χ0n) is 15.2. The predicted octanol–water partition coefficient (Wildman–Crippen LogP) is 2.88. The molecule has 0 heterocycles. The summed E-state index contributed by atoms with van der Waals surface area (Å²) in [5.41, 5.74) is 6.08. The van der Waals surface area contributed by atoms with Crippen molar-refractivity contribution in [2.45, 2.75) is 32.8 Å². The minimum atomic E-state index is -0.386.